The lowest BCUT2D eigenvalue weighted by atomic mass is 9.88. The normalized spacial score (nSPS) is 13.1. The number of hydrogen-bond donors (Lipinski definition) is 1. The van der Waals surface area contributed by atoms with Crippen molar-refractivity contribution >= 4 is 5.78 Å². The van der Waals surface area contributed by atoms with Crippen LogP contribution in [0, 0.1) is 20.8 Å². The minimum Gasteiger partial charge on any atom is -0.507 e. The summed E-state index contributed by atoms with van der Waals surface area (Å²) in [7, 11) is 0. The van der Waals surface area contributed by atoms with Gasteiger partial charge < -0.3 is 9.84 Å². The fourth-order valence-electron chi connectivity index (χ4n) is 3.66. The van der Waals surface area contributed by atoms with Crippen LogP contribution in [0.4, 0.5) is 0 Å². The molecule has 1 heterocycles. The van der Waals surface area contributed by atoms with Gasteiger partial charge in [-0.25, -0.2) is 0 Å². The molecular formula is C21H24O3. The Morgan fingerprint density at radius 3 is 2.29 bits per heavy atom. The molecule has 2 aromatic carbocycles. The van der Waals surface area contributed by atoms with E-state index in [1.54, 1.807) is 0 Å². The van der Waals surface area contributed by atoms with Crippen molar-refractivity contribution in [3.63, 3.8) is 0 Å². The molecule has 3 nitrogen and oxygen atoms in total. The molecule has 2 aromatic rings. The third-order valence-electron chi connectivity index (χ3n) is 4.73. The first-order valence-corrected chi connectivity index (χ1v) is 8.45. The minimum absolute atomic E-state index is 0.0648. The monoisotopic (exact) mass is 324 g/mol. The average Bonchev–Trinajstić information content (AvgIpc) is 2.92. The van der Waals surface area contributed by atoms with Crippen LogP contribution < -0.4 is 4.74 Å². The average molecular weight is 324 g/mol. The van der Waals surface area contributed by atoms with E-state index in [1.807, 2.05) is 52.8 Å². The number of benzene rings is 2. The Kier molecular flexibility index (Phi) is 4.12. The van der Waals surface area contributed by atoms with Crippen LogP contribution in [-0.2, 0) is 6.42 Å². The molecule has 0 amide bonds. The summed E-state index contributed by atoms with van der Waals surface area (Å²) in [5, 5.41) is 10.8. The summed E-state index contributed by atoms with van der Waals surface area (Å²) < 4.78 is 5.71. The van der Waals surface area contributed by atoms with Gasteiger partial charge in [0.15, 0.2) is 0 Å². The zero-order valence-corrected chi connectivity index (χ0v) is 15.0. The maximum Gasteiger partial charge on any atom is 0.201 e. The molecule has 0 aliphatic carbocycles. The molecule has 0 radical (unpaired) electrons. The first-order chi connectivity index (χ1) is 11.3. The van der Waals surface area contributed by atoms with E-state index in [-0.39, 0.29) is 17.5 Å². The molecule has 24 heavy (non-hydrogen) atoms. The first-order valence-electron chi connectivity index (χ1n) is 8.45. The second-order valence-electron chi connectivity index (χ2n) is 7.03. The highest BCUT2D eigenvalue weighted by atomic mass is 16.5. The van der Waals surface area contributed by atoms with E-state index >= 15 is 0 Å². The number of aromatic hydroxyl groups is 1. The summed E-state index contributed by atoms with van der Waals surface area (Å²) >= 11 is 0. The Morgan fingerprint density at radius 2 is 1.71 bits per heavy atom. The highest BCUT2D eigenvalue weighted by Gasteiger charge is 2.30. The van der Waals surface area contributed by atoms with Gasteiger partial charge >= 0.3 is 0 Å². The number of rotatable bonds is 3. The SMILES string of the molecule is Cc1cc(C)c(C(=O)c2c(O)c(C(C)C)cc3c2OCC3)c(C)c1. The van der Waals surface area contributed by atoms with Crippen molar-refractivity contribution in [2.75, 3.05) is 6.61 Å². The topological polar surface area (TPSA) is 46.5 Å². The molecule has 3 rings (SSSR count). The second-order valence-corrected chi connectivity index (χ2v) is 7.03. The van der Waals surface area contributed by atoms with Crippen LogP contribution in [0.25, 0.3) is 0 Å². The van der Waals surface area contributed by atoms with Gasteiger partial charge in [-0.05, 0) is 55.0 Å². The van der Waals surface area contributed by atoms with Crippen molar-refractivity contribution in [2.45, 2.75) is 47.0 Å². The van der Waals surface area contributed by atoms with Crippen molar-refractivity contribution in [3.05, 3.63) is 57.1 Å². The Morgan fingerprint density at radius 1 is 1.08 bits per heavy atom. The Balaban J connectivity index is 2.25. The maximum atomic E-state index is 13.3. The van der Waals surface area contributed by atoms with Crippen molar-refractivity contribution in [3.8, 4) is 11.5 Å². The number of fused-ring (bicyclic) bond motifs is 1. The summed E-state index contributed by atoms with van der Waals surface area (Å²) in [5.74, 6) is 0.613. The van der Waals surface area contributed by atoms with Gasteiger partial charge in [0.1, 0.15) is 17.1 Å². The Labute approximate surface area is 143 Å². The van der Waals surface area contributed by atoms with Crippen molar-refractivity contribution < 1.29 is 14.6 Å². The van der Waals surface area contributed by atoms with E-state index in [0.29, 0.717) is 23.5 Å². The molecule has 0 saturated carbocycles. The zero-order valence-electron chi connectivity index (χ0n) is 15.0. The molecule has 0 bridgehead atoms. The highest BCUT2D eigenvalue weighted by Crippen LogP contribution is 2.42. The summed E-state index contributed by atoms with van der Waals surface area (Å²) in [5.41, 5.74) is 5.80. The molecule has 1 N–H and O–H groups in total. The lowest BCUT2D eigenvalue weighted by Crippen LogP contribution is -2.10. The van der Waals surface area contributed by atoms with Crippen LogP contribution >= 0.6 is 0 Å². The lowest BCUT2D eigenvalue weighted by Gasteiger charge is -2.17. The molecule has 0 aromatic heterocycles. The Bertz CT molecular complexity index is 808. The van der Waals surface area contributed by atoms with Gasteiger partial charge in [0.25, 0.3) is 0 Å². The minimum atomic E-state index is -0.150. The quantitative estimate of drug-likeness (QED) is 0.839. The highest BCUT2D eigenvalue weighted by molar-refractivity contribution is 6.14. The van der Waals surface area contributed by atoms with Gasteiger partial charge in [0.2, 0.25) is 5.78 Å². The number of phenols is 1. The van der Waals surface area contributed by atoms with Crippen LogP contribution in [0.1, 0.15) is 63.5 Å². The lowest BCUT2D eigenvalue weighted by molar-refractivity contribution is 0.103. The van der Waals surface area contributed by atoms with E-state index in [2.05, 4.69) is 0 Å². The van der Waals surface area contributed by atoms with Crippen molar-refractivity contribution in [2.24, 2.45) is 0 Å². The van der Waals surface area contributed by atoms with Crippen LogP contribution in [0.2, 0.25) is 0 Å². The zero-order chi connectivity index (χ0) is 17.6. The molecule has 1 aliphatic heterocycles. The number of carbonyl (C=O) groups is 1. The second kappa shape index (κ2) is 5.97. The van der Waals surface area contributed by atoms with Gasteiger partial charge in [0, 0.05) is 12.0 Å². The molecule has 0 atom stereocenters. The van der Waals surface area contributed by atoms with Gasteiger partial charge in [-0.1, -0.05) is 31.5 Å². The number of hydrogen-bond acceptors (Lipinski definition) is 3. The van der Waals surface area contributed by atoms with E-state index in [1.165, 1.54) is 0 Å². The number of ketones is 1. The molecule has 0 saturated heterocycles. The fraction of sp³-hybridized carbons (Fsp3) is 0.381. The molecule has 126 valence electrons. The number of phenolic OH excluding ortho intramolecular Hbond substituents is 1. The van der Waals surface area contributed by atoms with E-state index in [4.69, 9.17) is 4.74 Å². The molecule has 0 unspecified atom stereocenters. The van der Waals surface area contributed by atoms with Gasteiger partial charge in [-0.3, -0.25) is 4.79 Å². The van der Waals surface area contributed by atoms with Crippen LogP contribution in [-0.4, -0.2) is 17.5 Å². The van der Waals surface area contributed by atoms with Crippen LogP contribution in [0.15, 0.2) is 18.2 Å². The van der Waals surface area contributed by atoms with Gasteiger partial charge in [-0.15, -0.1) is 0 Å². The molecule has 0 fully saturated rings. The predicted octanol–water partition coefficient (Wildman–Crippen LogP) is 4.61. The van der Waals surface area contributed by atoms with E-state index in [0.717, 1.165) is 34.2 Å². The Hall–Kier alpha value is -2.29. The van der Waals surface area contributed by atoms with Crippen molar-refractivity contribution in [1.29, 1.82) is 0 Å². The van der Waals surface area contributed by atoms with Crippen molar-refractivity contribution in [1.82, 2.24) is 0 Å². The van der Waals surface area contributed by atoms with Gasteiger partial charge in [0.05, 0.1) is 6.61 Å². The van der Waals surface area contributed by atoms with Crippen LogP contribution in [0.3, 0.4) is 0 Å². The number of carbonyl (C=O) groups excluding carboxylic acids is 1. The number of ether oxygens (including phenoxy) is 1. The van der Waals surface area contributed by atoms with Crippen LogP contribution in [0.5, 0.6) is 11.5 Å². The fourth-order valence-corrected chi connectivity index (χ4v) is 3.66. The molecule has 0 spiro atoms. The van der Waals surface area contributed by atoms with E-state index in [9.17, 15) is 9.90 Å². The predicted molar refractivity (Wildman–Crippen MR) is 95.5 cm³/mol. The smallest absolute Gasteiger partial charge is 0.201 e. The van der Waals surface area contributed by atoms with Gasteiger partial charge in [-0.2, -0.15) is 0 Å². The molecule has 1 aliphatic rings. The third kappa shape index (κ3) is 2.58. The number of aryl methyl sites for hydroxylation is 3. The maximum absolute atomic E-state index is 13.3. The van der Waals surface area contributed by atoms with E-state index < -0.39 is 0 Å². The largest absolute Gasteiger partial charge is 0.507 e. The summed E-state index contributed by atoms with van der Waals surface area (Å²) in [6, 6.07) is 5.99. The summed E-state index contributed by atoms with van der Waals surface area (Å²) in [6.07, 6.45) is 0.779. The molecular weight excluding hydrogens is 300 g/mol. The summed E-state index contributed by atoms with van der Waals surface area (Å²) in [4.78, 5) is 13.3. The molecule has 3 heteroatoms. The first kappa shape index (κ1) is 16.6. The summed E-state index contributed by atoms with van der Waals surface area (Å²) in [6.45, 7) is 10.5. The standard InChI is InChI=1S/C21H24O3/c1-11(2)16-10-15-6-7-24-21(15)18(19(16)22)20(23)17-13(4)8-12(3)9-14(17)5/h8-11,22H,6-7H2,1-5H3. The third-order valence-corrected chi connectivity index (χ3v) is 4.73.